The van der Waals surface area contributed by atoms with Crippen LogP contribution in [0.3, 0.4) is 0 Å². The molecule has 5 heteroatoms. The van der Waals surface area contributed by atoms with E-state index >= 15 is 0 Å². The van der Waals surface area contributed by atoms with Crippen LogP contribution in [0.1, 0.15) is 12.0 Å². The van der Waals surface area contributed by atoms with Crippen LogP contribution in [0.5, 0.6) is 5.75 Å². The van der Waals surface area contributed by atoms with Crippen molar-refractivity contribution in [2.45, 2.75) is 12.8 Å². The van der Waals surface area contributed by atoms with Crippen molar-refractivity contribution in [1.82, 2.24) is 0 Å². The quantitative estimate of drug-likeness (QED) is 0.621. The molecule has 0 amide bonds. The van der Waals surface area contributed by atoms with Crippen molar-refractivity contribution in [2.24, 2.45) is 5.73 Å². The molecule has 0 unspecified atom stereocenters. The van der Waals surface area contributed by atoms with Gasteiger partial charge >= 0.3 is 5.97 Å². The highest BCUT2D eigenvalue weighted by Crippen LogP contribution is 2.17. The zero-order valence-corrected chi connectivity index (χ0v) is 11.4. The highest BCUT2D eigenvalue weighted by Gasteiger charge is 2.08. The van der Waals surface area contributed by atoms with Crippen molar-refractivity contribution in [3.05, 3.63) is 52.7 Å². The van der Waals surface area contributed by atoms with E-state index in [1.165, 1.54) is 6.08 Å². The Bertz CT molecular complexity index is 509. The van der Waals surface area contributed by atoms with Gasteiger partial charge in [-0.25, -0.2) is 4.79 Å². The van der Waals surface area contributed by atoms with E-state index < -0.39 is 5.97 Å². The molecule has 102 valence electrons. The van der Waals surface area contributed by atoms with Gasteiger partial charge in [-0.15, -0.1) is 0 Å². The minimum absolute atomic E-state index is 0.211. The minimum Gasteiger partial charge on any atom is -0.497 e. The molecule has 0 bridgehead atoms. The molecule has 0 aliphatic carbocycles. The molecule has 0 aromatic heterocycles. The van der Waals surface area contributed by atoms with Gasteiger partial charge < -0.3 is 15.6 Å². The fourth-order valence-electron chi connectivity index (χ4n) is 1.56. The summed E-state index contributed by atoms with van der Waals surface area (Å²) in [7, 11) is 1.59. The van der Waals surface area contributed by atoms with Gasteiger partial charge in [0.05, 0.1) is 12.1 Å². The van der Waals surface area contributed by atoms with E-state index in [-0.39, 0.29) is 10.6 Å². The highest BCUT2D eigenvalue weighted by molar-refractivity contribution is 6.31. The van der Waals surface area contributed by atoms with Gasteiger partial charge in [-0.1, -0.05) is 23.7 Å². The molecule has 0 atom stereocenters. The fourth-order valence-corrected chi connectivity index (χ4v) is 1.69. The van der Waals surface area contributed by atoms with E-state index in [2.05, 4.69) is 0 Å². The van der Waals surface area contributed by atoms with Crippen molar-refractivity contribution < 1.29 is 14.6 Å². The predicted octanol–water partition coefficient (Wildman–Crippen LogP) is 2.68. The zero-order chi connectivity index (χ0) is 14.3. The maximum Gasteiger partial charge on any atom is 0.331 e. The number of allylic oxidation sites excluding steroid dienone is 2. The van der Waals surface area contributed by atoms with Crippen molar-refractivity contribution >= 4 is 17.6 Å². The topological polar surface area (TPSA) is 72.5 Å². The lowest BCUT2D eigenvalue weighted by Crippen LogP contribution is -2.02. The number of aliphatic carboxylic acids is 1. The Hall–Kier alpha value is -1.94. The van der Waals surface area contributed by atoms with Gasteiger partial charge in [-0.05, 0) is 36.6 Å². The first-order valence-electron chi connectivity index (χ1n) is 5.71. The average Bonchev–Trinajstić information content (AvgIpc) is 2.42. The van der Waals surface area contributed by atoms with E-state index in [0.717, 1.165) is 17.5 Å². The summed E-state index contributed by atoms with van der Waals surface area (Å²) in [5, 5.41) is 9.29. The van der Waals surface area contributed by atoms with Crippen LogP contribution in [-0.2, 0) is 11.2 Å². The van der Waals surface area contributed by atoms with Crippen LogP contribution in [0.25, 0.3) is 0 Å². The van der Waals surface area contributed by atoms with Gasteiger partial charge in [0.1, 0.15) is 5.75 Å². The first kappa shape index (κ1) is 15.1. The number of nitrogens with two attached hydrogens (primary N) is 1. The van der Waals surface area contributed by atoms with Crippen LogP contribution in [0.2, 0.25) is 0 Å². The summed E-state index contributed by atoms with van der Waals surface area (Å²) < 4.78 is 5.11. The summed E-state index contributed by atoms with van der Waals surface area (Å²) in [5.74, 6) is -0.249. The van der Waals surface area contributed by atoms with Crippen LogP contribution in [0.4, 0.5) is 0 Å². The normalized spacial score (nSPS) is 12.3. The maximum atomic E-state index is 11.1. The second-order valence-electron chi connectivity index (χ2n) is 3.88. The van der Waals surface area contributed by atoms with Gasteiger partial charge in [-0.2, -0.15) is 0 Å². The molecule has 0 aliphatic rings. The van der Waals surface area contributed by atoms with E-state index in [4.69, 9.17) is 27.2 Å². The molecule has 1 aromatic rings. The summed E-state index contributed by atoms with van der Waals surface area (Å²) >= 11 is 5.71. The molecular formula is C14H16ClNO3. The number of carboxylic acid groups (broad SMARTS) is 1. The predicted molar refractivity (Wildman–Crippen MR) is 75.2 cm³/mol. The molecule has 3 N–H and O–H groups in total. The lowest BCUT2D eigenvalue weighted by Gasteiger charge is -2.05. The number of halogens is 1. The van der Waals surface area contributed by atoms with Crippen molar-refractivity contribution in [2.75, 3.05) is 7.11 Å². The SMILES string of the molecule is COc1cccc(CC/C(=C\C(Cl)=C/N)C(=O)O)c1. The summed E-state index contributed by atoms with van der Waals surface area (Å²) in [4.78, 5) is 11.1. The number of benzene rings is 1. The Balaban J connectivity index is 2.76. The molecule has 0 spiro atoms. The first-order chi connectivity index (χ1) is 9.06. The second kappa shape index (κ2) is 7.48. The number of ether oxygens (including phenoxy) is 1. The molecule has 0 heterocycles. The standard InChI is InChI=1S/C14H16ClNO3/c1-19-13-4-2-3-10(7-13)5-6-11(14(17)18)8-12(15)9-16/h2-4,7-9H,5-6,16H2,1H3,(H,17,18)/b11-8+,12-9+. The Kier molecular flexibility index (Phi) is 5.96. The van der Waals surface area contributed by atoms with Crippen molar-refractivity contribution in [1.29, 1.82) is 0 Å². The van der Waals surface area contributed by atoms with Gasteiger partial charge in [0.25, 0.3) is 0 Å². The highest BCUT2D eigenvalue weighted by atomic mass is 35.5. The summed E-state index contributed by atoms with van der Waals surface area (Å²) in [6.45, 7) is 0. The van der Waals surface area contributed by atoms with Crippen LogP contribution < -0.4 is 10.5 Å². The third-order valence-corrected chi connectivity index (χ3v) is 2.80. The third-order valence-electron chi connectivity index (χ3n) is 2.56. The van der Waals surface area contributed by atoms with Gasteiger partial charge in [0, 0.05) is 11.8 Å². The van der Waals surface area contributed by atoms with Crippen LogP contribution in [-0.4, -0.2) is 18.2 Å². The lowest BCUT2D eigenvalue weighted by atomic mass is 10.0. The molecule has 1 aromatic carbocycles. The molecular weight excluding hydrogens is 266 g/mol. The second-order valence-corrected chi connectivity index (χ2v) is 4.31. The number of hydrogen-bond acceptors (Lipinski definition) is 3. The van der Waals surface area contributed by atoms with Gasteiger partial charge in [-0.3, -0.25) is 0 Å². The third kappa shape index (κ3) is 5.06. The number of hydrogen-bond donors (Lipinski definition) is 2. The summed E-state index contributed by atoms with van der Waals surface area (Å²) in [6.07, 6.45) is 3.48. The van der Waals surface area contributed by atoms with Gasteiger partial charge in [0.2, 0.25) is 0 Å². The molecule has 0 saturated heterocycles. The molecule has 1 rings (SSSR count). The smallest absolute Gasteiger partial charge is 0.331 e. The number of rotatable bonds is 6. The monoisotopic (exact) mass is 281 g/mol. The molecule has 4 nitrogen and oxygen atoms in total. The summed E-state index contributed by atoms with van der Waals surface area (Å²) in [5.41, 5.74) is 6.43. The first-order valence-corrected chi connectivity index (χ1v) is 6.08. The molecule has 0 radical (unpaired) electrons. The Morgan fingerprint density at radius 2 is 2.26 bits per heavy atom. The van der Waals surface area contributed by atoms with E-state index in [9.17, 15) is 4.79 Å². The zero-order valence-electron chi connectivity index (χ0n) is 10.6. The van der Waals surface area contributed by atoms with Crippen molar-refractivity contribution in [3.8, 4) is 5.75 Å². The number of carboxylic acids is 1. The largest absolute Gasteiger partial charge is 0.497 e. The van der Waals surface area contributed by atoms with Crippen LogP contribution >= 0.6 is 11.6 Å². The lowest BCUT2D eigenvalue weighted by molar-refractivity contribution is -0.132. The molecule has 19 heavy (non-hydrogen) atoms. The van der Waals surface area contributed by atoms with E-state index in [1.807, 2.05) is 24.3 Å². The number of aryl methyl sites for hydroxylation is 1. The molecule has 0 fully saturated rings. The average molecular weight is 282 g/mol. The Labute approximate surface area is 117 Å². The molecule has 0 saturated carbocycles. The molecule has 0 aliphatic heterocycles. The number of carbonyl (C=O) groups is 1. The minimum atomic E-state index is -0.997. The fraction of sp³-hybridized carbons (Fsp3) is 0.214. The van der Waals surface area contributed by atoms with E-state index in [1.54, 1.807) is 7.11 Å². The van der Waals surface area contributed by atoms with Gasteiger partial charge in [0.15, 0.2) is 0 Å². The van der Waals surface area contributed by atoms with E-state index in [0.29, 0.717) is 12.8 Å². The Morgan fingerprint density at radius 1 is 1.53 bits per heavy atom. The van der Waals surface area contributed by atoms with Crippen LogP contribution in [0, 0.1) is 0 Å². The number of methoxy groups -OCH3 is 1. The summed E-state index contributed by atoms with van der Waals surface area (Å²) in [6, 6.07) is 7.50. The Morgan fingerprint density at radius 3 is 2.84 bits per heavy atom. The van der Waals surface area contributed by atoms with Crippen molar-refractivity contribution in [3.63, 3.8) is 0 Å². The maximum absolute atomic E-state index is 11.1. The van der Waals surface area contributed by atoms with Crippen LogP contribution in [0.15, 0.2) is 47.1 Å².